The van der Waals surface area contributed by atoms with Crippen molar-refractivity contribution in [1.82, 2.24) is 0 Å². The number of ketones is 2. The smallest absolute Gasteiger partial charge is 0.228 e. The maximum absolute atomic E-state index is 13.0. The number of nitrogens with one attached hydrogen (secondary N) is 1. The first-order chi connectivity index (χ1) is 14.4. The van der Waals surface area contributed by atoms with E-state index in [2.05, 4.69) is 19.2 Å². The van der Waals surface area contributed by atoms with Crippen LogP contribution in [0.5, 0.6) is 0 Å². The molecule has 1 N–H and O–H groups in total. The molecule has 3 aromatic carbocycles. The Morgan fingerprint density at radius 3 is 2.13 bits per heavy atom. The minimum atomic E-state index is -0.244. The Morgan fingerprint density at radius 2 is 1.47 bits per heavy atom. The van der Waals surface area contributed by atoms with E-state index in [1.54, 1.807) is 54.2 Å². The van der Waals surface area contributed by atoms with Crippen molar-refractivity contribution in [2.24, 2.45) is 0 Å². The lowest BCUT2D eigenvalue weighted by Crippen LogP contribution is -2.24. The Kier molecular flexibility index (Phi) is 5.55. The number of anilines is 1. The molecule has 150 valence electrons. The first kappa shape index (κ1) is 20.1. The average Bonchev–Trinajstić information content (AvgIpc) is 2.73. The summed E-state index contributed by atoms with van der Waals surface area (Å²) in [5.41, 5.74) is 2.62. The van der Waals surface area contributed by atoms with Gasteiger partial charge in [0, 0.05) is 26.8 Å². The van der Waals surface area contributed by atoms with E-state index in [1.807, 2.05) is 24.3 Å². The summed E-state index contributed by atoms with van der Waals surface area (Å²) in [6, 6.07) is 19.7. The number of amides is 1. The topological polar surface area (TPSA) is 63.2 Å². The van der Waals surface area contributed by atoms with E-state index in [-0.39, 0.29) is 29.5 Å². The van der Waals surface area contributed by atoms with Gasteiger partial charge in [-0.15, -0.1) is 11.8 Å². The maximum atomic E-state index is 13.0. The quantitative estimate of drug-likeness (QED) is 0.458. The van der Waals surface area contributed by atoms with Crippen LogP contribution >= 0.6 is 11.8 Å². The minimum Gasteiger partial charge on any atom is -0.325 e. The van der Waals surface area contributed by atoms with E-state index < -0.39 is 0 Å². The van der Waals surface area contributed by atoms with Crippen molar-refractivity contribution < 1.29 is 14.4 Å². The van der Waals surface area contributed by atoms with E-state index in [4.69, 9.17) is 0 Å². The predicted octanol–water partition coefficient (Wildman–Crippen LogP) is 5.14. The zero-order valence-corrected chi connectivity index (χ0v) is 17.6. The molecule has 0 radical (unpaired) electrons. The zero-order valence-electron chi connectivity index (χ0n) is 16.8. The highest BCUT2D eigenvalue weighted by Gasteiger charge is 2.31. The van der Waals surface area contributed by atoms with Gasteiger partial charge in [0.15, 0.2) is 11.6 Å². The lowest BCUT2D eigenvalue weighted by atomic mass is 9.83. The number of carbonyl (C=O) groups excluding carboxylic acids is 3. The van der Waals surface area contributed by atoms with Crippen LogP contribution in [0.1, 0.15) is 51.3 Å². The van der Waals surface area contributed by atoms with Crippen LogP contribution in [0.15, 0.2) is 71.6 Å². The zero-order chi connectivity index (χ0) is 21.3. The molecule has 3 aromatic rings. The van der Waals surface area contributed by atoms with E-state index in [0.29, 0.717) is 27.6 Å². The third-order valence-electron chi connectivity index (χ3n) is 4.89. The van der Waals surface area contributed by atoms with E-state index in [9.17, 15) is 14.4 Å². The molecule has 0 unspecified atom stereocenters. The van der Waals surface area contributed by atoms with Crippen LogP contribution in [-0.2, 0) is 11.2 Å². The summed E-state index contributed by atoms with van der Waals surface area (Å²) in [5.74, 6) is -0.674. The van der Waals surface area contributed by atoms with Gasteiger partial charge in [0.25, 0.3) is 0 Å². The lowest BCUT2D eigenvalue weighted by molar-refractivity contribution is -0.115. The van der Waals surface area contributed by atoms with Crippen LogP contribution in [0.25, 0.3) is 0 Å². The lowest BCUT2D eigenvalue weighted by Gasteiger charge is -2.20. The third kappa shape index (κ3) is 3.94. The van der Waals surface area contributed by atoms with Crippen LogP contribution in [0.2, 0.25) is 0 Å². The summed E-state index contributed by atoms with van der Waals surface area (Å²) in [5, 5.41) is 3.32. The van der Waals surface area contributed by atoms with Crippen molar-refractivity contribution in [3.05, 3.63) is 94.5 Å². The summed E-state index contributed by atoms with van der Waals surface area (Å²) in [6.07, 6.45) is 0.190. The number of carbonyl (C=O) groups is 3. The van der Waals surface area contributed by atoms with Gasteiger partial charge in [-0.05, 0) is 23.8 Å². The Hall–Kier alpha value is -3.18. The van der Waals surface area contributed by atoms with E-state index in [1.165, 1.54) is 0 Å². The SMILES string of the molecule is CC(C)Sc1ccc(CC(=O)Nc2cccc3c2C(=O)c2ccccc2C3=O)cc1. The molecule has 0 spiro atoms. The molecule has 0 aliphatic heterocycles. The van der Waals surface area contributed by atoms with Gasteiger partial charge >= 0.3 is 0 Å². The second kappa shape index (κ2) is 8.28. The standard InChI is InChI=1S/C25H21NO3S/c1-15(2)30-17-12-10-16(11-13-17)14-22(27)26-21-9-5-8-20-23(21)25(29)19-7-4-3-6-18(19)24(20)28/h3-13,15H,14H2,1-2H3,(H,26,27). The molecule has 0 saturated heterocycles. The second-order valence-electron chi connectivity index (χ2n) is 7.47. The van der Waals surface area contributed by atoms with Gasteiger partial charge < -0.3 is 5.32 Å². The number of hydrogen-bond acceptors (Lipinski definition) is 4. The summed E-state index contributed by atoms with van der Waals surface area (Å²) < 4.78 is 0. The first-order valence-corrected chi connectivity index (χ1v) is 10.7. The van der Waals surface area contributed by atoms with E-state index >= 15 is 0 Å². The molecule has 0 heterocycles. The highest BCUT2D eigenvalue weighted by molar-refractivity contribution is 7.99. The second-order valence-corrected chi connectivity index (χ2v) is 9.12. The molecule has 0 saturated carbocycles. The molecule has 4 rings (SSSR count). The van der Waals surface area contributed by atoms with E-state index in [0.717, 1.165) is 10.5 Å². The van der Waals surface area contributed by atoms with Crippen molar-refractivity contribution in [2.45, 2.75) is 30.4 Å². The maximum Gasteiger partial charge on any atom is 0.228 e. The molecule has 30 heavy (non-hydrogen) atoms. The summed E-state index contributed by atoms with van der Waals surface area (Å²) in [6.45, 7) is 4.27. The molecular weight excluding hydrogens is 394 g/mol. The highest BCUT2D eigenvalue weighted by atomic mass is 32.2. The Labute approximate surface area is 179 Å². The third-order valence-corrected chi connectivity index (χ3v) is 5.90. The molecule has 0 atom stereocenters. The fourth-order valence-electron chi connectivity index (χ4n) is 3.59. The summed E-state index contributed by atoms with van der Waals surface area (Å²) >= 11 is 1.77. The Morgan fingerprint density at radius 1 is 0.833 bits per heavy atom. The van der Waals surface area contributed by atoms with Gasteiger partial charge in [-0.1, -0.05) is 62.4 Å². The van der Waals surface area contributed by atoms with Crippen LogP contribution in [0.4, 0.5) is 5.69 Å². The van der Waals surface area contributed by atoms with Crippen molar-refractivity contribution in [3.8, 4) is 0 Å². The summed E-state index contributed by atoms with van der Waals surface area (Å²) in [4.78, 5) is 39.7. The van der Waals surface area contributed by atoms with Crippen LogP contribution < -0.4 is 5.32 Å². The first-order valence-electron chi connectivity index (χ1n) is 9.81. The molecule has 0 aromatic heterocycles. The summed E-state index contributed by atoms with van der Waals surface area (Å²) in [7, 11) is 0. The Bertz CT molecular complexity index is 1150. The molecule has 5 heteroatoms. The van der Waals surface area contributed by atoms with Crippen molar-refractivity contribution in [1.29, 1.82) is 0 Å². The van der Waals surface area contributed by atoms with Crippen LogP contribution in [-0.4, -0.2) is 22.7 Å². The number of benzene rings is 3. The fourth-order valence-corrected chi connectivity index (χ4v) is 4.42. The van der Waals surface area contributed by atoms with Crippen LogP contribution in [0.3, 0.4) is 0 Å². The van der Waals surface area contributed by atoms with Gasteiger partial charge in [-0.3, -0.25) is 14.4 Å². The number of rotatable bonds is 5. The molecule has 1 amide bonds. The van der Waals surface area contributed by atoms with Gasteiger partial charge in [-0.2, -0.15) is 0 Å². The number of fused-ring (bicyclic) bond motifs is 2. The van der Waals surface area contributed by atoms with Crippen molar-refractivity contribution in [3.63, 3.8) is 0 Å². The predicted molar refractivity (Wildman–Crippen MR) is 120 cm³/mol. The van der Waals surface area contributed by atoms with Gasteiger partial charge in [0.05, 0.1) is 17.7 Å². The average molecular weight is 416 g/mol. The van der Waals surface area contributed by atoms with Crippen molar-refractivity contribution >= 4 is 34.9 Å². The Balaban J connectivity index is 1.55. The molecule has 0 fully saturated rings. The molecular formula is C25H21NO3S. The normalized spacial score (nSPS) is 12.5. The minimum absolute atomic E-state index is 0.190. The van der Waals surface area contributed by atoms with Gasteiger partial charge in [-0.25, -0.2) is 0 Å². The van der Waals surface area contributed by atoms with Crippen molar-refractivity contribution in [2.75, 3.05) is 5.32 Å². The largest absolute Gasteiger partial charge is 0.325 e. The molecule has 1 aliphatic rings. The highest BCUT2D eigenvalue weighted by Crippen LogP contribution is 2.32. The fraction of sp³-hybridized carbons (Fsp3) is 0.160. The molecule has 1 aliphatic carbocycles. The number of thioether (sulfide) groups is 1. The van der Waals surface area contributed by atoms with Gasteiger partial charge in [0.2, 0.25) is 5.91 Å². The van der Waals surface area contributed by atoms with Crippen LogP contribution in [0, 0.1) is 0 Å². The monoisotopic (exact) mass is 415 g/mol. The van der Waals surface area contributed by atoms with Gasteiger partial charge in [0.1, 0.15) is 0 Å². The number of hydrogen-bond donors (Lipinski definition) is 1. The molecule has 0 bridgehead atoms. The molecule has 4 nitrogen and oxygen atoms in total.